The predicted octanol–water partition coefficient (Wildman–Crippen LogP) is 6.56. The molecule has 0 radical (unpaired) electrons. The number of nitriles is 1. The molecule has 2 unspecified atom stereocenters. The molecule has 4 nitrogen and oxygen atoms in total. The Kier molecular flexibility index (Phi) is 7.77. The van der Waals surface area contributed by atoms with Gasteiger partial charge in [-0.1, -0.05) is 44.2 Å². The zero-order chi connectivity index (χ0) is 26.8. The second-order valence-corrected chi connectivity index (χ2v) is 10.2. The van der Waals surface area contributed by atoms with E-state index in [1.54, 1.807) is 4.90 Å². The molecule has 1 fully saturated rings. The van der Waals surface area contributed by atoms with Gasteiger partial charge in [-0.05, 0) is 60.2 Å². The molecular weight excluding hydrogens is 482 g/mol. The van der Waals surface area contributed by atoms with Gasteiger partial charge in [0.05, 0.1) is 23.2 Å². The highest BCUT2D eigenvalue weighted by Gasteiger charge is 2.39. The molecule has 4 rings (SSSR count). The fraction of sp³-hybridized carbons (Fsp3) is 0.414. The van der Waals surface area contributed by atoms with E-state index in [0.717, 1.165) is 23.3 Å². The molecule has 37 heavy (non-hydrogen) atoms. The fourth-order valence-electron chi connectivity index (χ4n) is 4.94. The van der Waals surface area contributed by atoms with Gasteiger partial charge in [-0.25, -0.2) is 4.39 Å². The van der Waals surface area contributed by atoms with E-state index in [4.69, 9.17) is 0 Å². The van der Waals surface area contributed by atoms with Crippen LogP contribution in [0.25, 0.3) is 5.57 Å². The summed E-state index contributed by atoms with van der Waals surface area (Å²) in [5, 5.41) is 20.1. The van der Waals surface area contributed by atoms with Crippen LogP contribution in [0, 0.1) is 29.0 Å². The van der Waals surface area contributed by atoms with Crippen molar-refractivity contribution in [2.75, 3.05) is 31.1 Å². The number of anilines is 2. The molecule has 0 saturated carbocycles. The average molecular weight is 514 g/mol. The predicted molar refractivity (Wildman–Crippen MR) is 137 cm³/mol. The minimum atomic E-state index is -4.81. The van der Waals surface area contributed by atoms with Crippen molar-refractivity contribution in [2.24, 2.45) is 11.8 Å². The van der Waals surface area contributed by atoms with Crippen molar-refractivity contribution in [2.45, 2.75) is 38.5 Å². The number of β-amino-alcohol motifs (C(OH)–C–C–N with tert-alkyl or cyclic N) is 1. The van der Waals surface area contributed by atoms with Crippen molar-refractivity contribution < 1.29 is 22.7 Å². The van der Waals surface area contributed by atoms with Gasteiger partial charge in [-0.15, -0.1) is 0 Å². The number of aliphatic hydroxyl groups is 1. The largest absolute Gasteiger partial charge is 0.419 e. The molecule has 0 amide bonds. The van der Waals surface area contributed by atoms with Crippen molar-refractivity contribution in [3.63, 3.8) is 0 Å². The first-order chi connectivity index (χ1) is 17.5. The van der Waals surface area contributed by atoms with Gasteiger partial charge < -0.3 is 10.0 Å². The Balaban J connectivity index is 1.61. The molecule has 1 heterocycles. The second-order valence-electron chi connectivity index (χ2n) is 10.2. The highest BCUT2D eigenvalue weighted by molar-refractivity contribution is 5.72. The van der Waals surface area contributed by atoms with Crippen molar-refractivity contribution in [3.05, 3.63) is 77.6 Å². The van der Waals surface area contributed by atoms with Gasteiger partial charge in [0.15, 0.2) is 0 Å². The van der Waals surface area contributed by atoms with Crippen LogP contribution in [0.1, 0.15) is 37.8 Å². The van der Waals surface area contributed by atoms with Crippen molar-refractivity contribution in [3.8, 4) is 6.07 Å². The lowest BCUT2D eigenvalue weighted by Crippen LogP contribution is -2.40. The van der Waals surface area contributed by atoms with Crippen molar-refractivity contribution in [1.82, 2.24) is 4.90 Å². The lowest BCUT2D eigenvalue weighted by molar-refractivity contribution is -0.139. The van der Waals surface area contributed by atoms with Crippen LogP contribution in [-0.4, -0.2) is 41.8 Å². The summed E-state index contributed by atoms with van der Waals surface area (Å²) >= 11 is 0. The minimum absolute atomic E-state index is 0.0946. The molecule has 1 N–H and O–H groups in total. The van der Waals surface area contributed by atoms with E-state index in [9.17, 15) is 27.9 Å². The number of nitrogens with zero attached hydrogens (tertiary/aromatic N) is 3. The molecule has 0 aromatic heterocycles. The zero-order valence-electron chi connectivity index (χ0n) is 21.0. The van der Waals surface area contributed by atoms with Crippen LogP contribution < -0.4 is 4.90 Å². The van der Waals surface area contributed by atoms with E-state index < -0.39 is 23.2 Å². The molecule has 1 saturated heterocycles. The number of halogens is 4. The first kappa shape index (κ1) is 26.9. The standard InChI is InChI=1S/C29H31F4N3O/c1-20(2)28(37)12-13-35(19-28)14-15-36(25-10-11-27(30)26(17-25)29(31,32)33)24-8-6-22(7-9-24)23-5-3-4-21(16-23)18-34/h3-11,17,20-21,37H,12-16,19H2,1-2H3. The molecule has 0 bridgehead atoms. The zero-order valence-corrected chi connectivity index (χ0v) is 21.0. The second kappa shape index (κ2) is 10.7. The summed E-state index contributed by atoms with van der Waals surface area (Å²) in [7, 11) is 0. The van der Waals surface area contributed by atoms with Crippen LogP contribution in [0.3, 0.4) is 0 Å². The minimum Gasteiger partial charge on any atom is -0.388 e. The third-order valence-corrected chi connectivity index (χ3v) is 7.44. The molecule has 0 spiro atoms. The summed E-state index contributed by atoms with van der Waals surface area (Å²) < 4.78 is 54.5. The highest BCUT2D eigenvalue weighted by atomic mass is 19.4. The summed E-state index contributed by atoms with van der Waals surface area (Å²) in [6.07, 6.45) is 2.09. The summed E-state index contributed by atoms with van der Waals surface area (Å²) in [6, 6.07) is 12.8. The SMILES string of the molecule is CC(C)C1(O)CCN(CCN(c2ccc(C3=CC=CC(C#N)C3)cc2)c2ccc(F)c(C(F)(F)F)c2)C1. The van der Waals surface area contributed by atoms with Crippen molar-refractivity contribution >= 4 is 16.9 Å². The van der Waals surface area contributed by atoms with Crippen molar-refractivity contribution in [1.29, 1.82) is 5.26 Å². The summed E-state index contributed by atoms with van der Waals surface area (Å²) in [6.45, 7) is 6.03. The molecular formula is C29H31F4N3O. The lowest BCUT2D eigenvalue weighted by atomic mass is 9.90. The first-order valence-electron chi connectivity index (χ1n) is 12.5. The van der Waals surface area contributed by atoms with Gasteiger partial charge >= 0.3 is 6.18 Å². The monoisotopic (exact) mass is 513 g/mol. The topological polar surface area (TPSA) is 50.5 Å². The van der Waals surface area contributed by atoms with E-state index in [-0.39, 0.29) is 17.5 Å². The molecule has 2 aromatic rings. The third-order valence-electron chi connectivity index (χ3n) is 7.44. The van der Waals surface area contributed by atoms with Crippen LogP contribution in [0.15, 0.2) is 60.7 Å². The van der Waals surface area contributed by atoms with Crippen LogP contribution in [0.4, 0.5) is 28.9 Å². The van der Waals surface area contributed by atoms with Gasteiger partial charge in [0, 0.05) is 37.6 Å². The Morgan fingerprint density at radius 1 is 1.16 bits per heavy atom. The molecule has 2 aliphatic rings. The summed E-state index contributed by atoms with van der Waals surface area (Å²) in [5.74, 6) is -1.41. The van der Waals surface area contributed by atoms with Gasteiger partial charge in [0.2, 0.25) is 0 Å². The van der Waals surface area contributed by atoms with E-state index in [2.05, 4.69) is 11.0 Å². The highest BCUT2D eigenvalue weighted by Crippen LogP contribution is 2.37. The van der Waals surface area contributed by atoms with E-state index in [1.165, 1.54) is 6.07 Å². The average Bonchev–Trinajstić information content (AvgIpc) is 3.27. The Morgan fingerprint density at radius 3 is 2.49 bits per heavy atom. The molecule has 2 aromatic carbocycles. The summed E-state index contributed by atoms with van der Waals surface area (Å²) in [4.78, 5) is 3.86. The molecule has 1 aliphatic carbocycles. The Hall–Kier alpha value is -3.15. The molecule has 8 heteroatoms. The van der Waals surface area contributed by atoms with Crippen LogP contribution >= 0.6 is 0 Å². The molecule has 196 valence electrons. The van der Waals surface area contributed by atoms with E-state index in [0.29, 0.717) is 44.7 Å². The Labute approximate surface area is 215 Å². The number of hydrogen-bond donors (Lipinski definition) is 1. The maximum Gasteiger partial charge on any atom is 0.419 e. The normalized spacial score (nSPS) is 22.2. The number of hydrogen-bond acceptors (Lipinski definition) is 4. The fourth-order valence-corrected chi connectivity index (χ4v) is 4.94. The number of likely N-dealkylation sites (tertiary alicyclic amines) is 1. The maximum absolute atomic E-state index is 14.0. The van der Waals surface area contributed by atoms with E-state index in [1.807, 2.05) is 56.3 Å². The van der Waals surface area contributed by atoms with Crippen LogP contribution in [0.2, 0.25) is 0 Å². The van der Waals surface area contributed by atoms with Gasteiger partial charge in [0.1, 0.15) is 5.82 Å². The smallest absolute Gasteiger partial charge is 0.388 e. The van der Waals surface area contributed by atoms with Crippen LogP contribution in [-0.2, 0) is 6.18 Å². The Morgan fingerprint density at radius 2 is 1.86 bits per heavy atom. The number of alkyl halides is 3. The quantitative estimate of drug-likeness (QED) is 0.426. The molecule has 1 aliphatic heterocycles. The number of allylic oxidation sites excluding steroid dienone is 4. The number of rotatable bonds is 7. The lowest BCUT2D eigenvalue weighted by Gasteiger charge is -2.30. The van der Waals surface area contributed by atoms with E-state index >= 15 is 0 Å². The van der Waals surface area contributed by atoms with Gasteiger partial charge in [0.25, 0.3) is 0 Å². The Bertz CT molecular complexity index is 1210. The maximum atomic E-state index is 14.0. The molecule has 2 atom stereocenters. The van der Waals surface area contributed by atoms with Crippen LogP contribution in [0.5, 0.6) is 0 Å². The third kappa shape index (κ3) is 6.06. The first-order valence-corrected chi connectivity index (χ1v) is 12.5. The van der Waals surface area contributed by atoms with Gasteiger partial charge in [-0.2, -0.15) is 18.4 Å². The summed E-state index contributed by atoms with van der Waals surface area (Å²) in [5.41, 5.74) is 0.775. The number of benzene rings is 2. The van der Waals surface area contributed by atoms with Gasteiger partial charge in [-0.3, -0.25) is 4.90 Å².